The zero-order valence-corrected chi connectivity index (χ0v) is 20.8. The van der Waals surface area contributed by atoms with Crippen LogP contribution in [0.1, 0.15) is 33.4 Å². The lowest BCUT2D eigenvalue weighted by Gasteiger charge is -2.49. The van der Waals surface area contributed by atoms with Gasteiger partial charge in [-0.15, -0.1) is 23.1 Å². The Labute approximate surface area is 203 Å². The first kappa shape index (κ1) is 25.5. The van der Waals surface area contributed by atoms with Crippen LogP contribution in [-0.4, -0.2) is 69.9 Å². The number of hydrogen-bond donors (Lipinski definition) is 2. The number of ether oxygens (including phenoxy) is 2. The van der Waals surface area contributed by atoms with Gasteiger partial charge in [-0.2, -0.15) is 0 Å². The number of anilines is 1. The first-order valence-electron chi connectivity index (χ1n) is 10.1. The highest BCUT2D eigenvalue weighted by molar-refractivity contribution is 8.00. The highest BCUT2D eigenvalue weighted by atomic mass is 32.2. The molecule has 184 valence electrons. The van der Waals surface area contributed by atoms with E-state index in [0.29, 0.717) is 0 Å². The van der Waals surface area contributed by atoms with Crippen molar-refractivity contribution < 1.29 is 33.5 Å². The van der Waals surface area contributed by atoms with Gasteiger partial charge in [0.25, 0.3) is 11.8 Å². The molecule has 3 N–H and O–H groups in total. The molecule has 0 radical (unpaired) electrons. The van der Waals surface area contributed by atoms with E-state index in [0.717, 1.165) is 11.3 Å². The maximum absolute atomic E-state index is 12.8. The smallest absolute Gasteiger partial charge is 0.357 e. The number of nitrogens with zero attached hydrogens (tertiary/aromatic N) is 3. The van der Waals surface area contributed by atoms with Gasteiger partial charge in [0.05, 0.1) is 5.41 Å². The minimum absolute atomic E-state index is 0.0246. The largest absolute Gasteiger partial charge is 0.427 e. The molecular formula is C20H25N5O7S2. The average Bonchev–Trinajstić information content (AvgIpc) is 3.19. The number of amides is 2. The second kappa shape index (κ2) is 10.0. The number of carbonyl (C=O) groups is 4. The van der Waals surface area contributed by atoms with Gasteiger partial charge in [-0.25, -0.2) is 9.78 Å². The molecule has 34 heavy (non-hydrogen) atoms. The Morgan fingerprint density at radius 3 is 2.59 bits per heavy atom. The van der Waals surface area contributed by atoms with Gasteiger partial charge in [-0.05, 0) is 33.8 Å². The number of hydrogen-bond acceptors (Lipinski definition) is 12. The van der Waals surface area contributed by atoms with Gasteiger partial charge in [-0.3, -0.25) is 19.3 Å². The molecule has 12 nitrogen and oxygen atoms in total. The minimum atomic E-state index is -0.909. The van der Waals surface area contributed by atoms with Gasteiger partial charge >= 0.3 is 11.9 Å². The fraction of sp³-hybridized carbons (Fsp3) is 0.500. The second-order valence-electron chi connectivity index (χ2n) is 8.37. The van der Waals surface area contributed by atoms with Crippen LogP contribution in [0.2, 0.25) is 0 Å². The van der Waals surface area contributed by atoms with Gasteiger partial charge < -0.3 is 25.4 Å². The molecule has 0 aliphatic carbocycles. The Bertz CT molecular complexity index is 1060. The second-order valence-corrected chi connectivity index (χ2v) is 10.8. The zero-order valence-electron chi connectivity index (χ0n) is 19.2. The van der Waals surface area contributed by atoms with Crippen molar-refractivity contribution in [2.24, 2.45) is 10.6 Å². The van der Waals surface area contributed by atoms with E-state index in [-0.39, 0.29) is 27.5 Å². The highest BCUT2D eigenvalue weighted by Crippen LogP contribution is 2.41. The number of β-lactam (4-membered cyclic amide) rings is 1. The van der Waals surface area contributed by atoms with Crippen molar-refractivity contribution in [2.75, 3.05) is 19.6 Å². The summed E-state index contributed by atoms with van der Waals surface area (Å²) in [6.45, 7) is 6.28. The predicted octanol–water partition coefficient (Wildman–Crippen LogP) is 0.838. The van der Waals surface area contributed by atoms with E-state index in [2.05, 4.69) is 15.5 Å². The minimum Gasteiger partial charge on any atom is -0.427 e. The van der Waals surface area contributed by atoms with Crippen LogP contribution in [-0.2, 0) is 33.5 Å². The van der Waals surface area contributed by atoms with Gasteiger partial charge in [0.1, 0.15) is 29.9 Å². The van der Waals surface area contributed by atoms with Crippen molar-refractivity contribution in [3.63, 3.8) is 0 Å². The fourth-order valence-electron chi connectivity index (χ4n) is 3.05. The van der Waals surface area contributed by atoms with E-state index in [1.807, 2.05) is 6.92 Å². The molecule has 1 saturated heterocycles. The molecule has 0 aromatic carbocycles. The number of thiazole rings is 1. The summed E-state index contributed by atoms with van der Waals surface area (Å²) in [5.41, 5.74) is 4.98. The third kappa shape index (κ3) is 5.33. The van der Waals surface area contributed by atoms with E-state index < -0.39 is 47.4 Å². The third-order valence-corrected chi connectivity index (χ3v) is 6.70. The molecule has 2 aliphatic heterocycles. The number of nitrogens with one attached hydrogen (secondary N) is 1. The Kier molecular flexibility index (Phi) is 7.51. The fourth-order valence-corrected chi connectivity index (χ4v) is 4.93. The van der Waals surface area contributed by atoms with Crippen molar-refractivity contribution in [1.82, 2.24) is 15.2 Å². The molecule has 1 aromatic heterocycles. The first-order valence-corrected chi connectivity index (χ1v) is 11.9. The molecule has 3 atom stereocenters. The Morgan fingerprint density at radius 2 is 2.00 bits per heavy atom. The van der Waals surface area contributed by atoms with Crippen LogP contribution in [0.25, 0.3) is 0 Å². The Morgan fingerprint density at radius 1 is 1.29 bits per heavy atom. The van der Waals surface area contributed by atoms with Crippen LogP contribution in [0, 0.1) is 5.41 Å². The van der Waals surface area contributed by atoms with Gasteiger partial charge in [0, 0.05) is 10.6 Å². The summed E-state index contributed by atoms with van der Waals surface area (Å²) in [5.74, 6) is -2.51. The lowest BCUT2D eigenvalue weighted by Crippen LogP contribution is -2.71. The van der Waals surface area contributed by atoms with Gasteiger partial charge in [0.15, 0.2) is 10.8 Å². The van der Waals surface area contributed by atoms with Gasteiger partial charge in [-0.1, -0.05) is 5.16 Å². The normalized spacial score (nSPS) is 22.2. The number of oxime groups is 1. The molecule has 0 saturated carbocycles. The highest BCUT2D eigenvalue weighted by Gasteiger charge is 2.54. The summed E-state index contributed by atoms with van der Waals surface area (Å²) < 4.78 is 10.0. The van der Waals surface area contributed by atoms with Crippen LogP contribution >= 0.6 is 23.1 Å². The van der Waals surface area contributed by atoms with E-state index in [4.69, 9.17) is 20.0 Å². The molecule has 0 spiro atoms. The van der Waals surface area contributed by atoms with Crippen LogP contribution in [0.15, 0.2) is 22.3 Å². The van der Waals surface area contributed by atoms with Crippen LogP contribution in [0.4, 0.5) is 5.13 Å². The molecular weight excluding hydrogens is 486 g/mol. The lowest BCUT2D eigenvalue weighted by atomic mass is 9.98. The molecule has 0 bridgehead atoms. The maximum Gasteiger partial charge on any atom is 0.357 e. The molecule has 2 amide bonds. The van der Waals surface area contributed by atoms with E-state index in [1.165, 1.54) is 23.8 Å². The van der Waals surface area contributed by atoms with Crippen molar-refractivity contribution in [3.8, 4) is 0 Å². The number of nitrogens with two attached hydrogens (primary N) is 1. The van der Waals surface area contributed by atoms with Crippen LogP contribution in [0.5, 0.6) is 0 Å². The molecule has 14 heteroatoms. The first-order chi connectivity index (χ1) is 15.9. The third-order valence-electron chi connectivity index (χ3n) is 4.70. The number of carbonyl (C=O) groups excluding carboxylic acids is 4. The van der Waals surface area contributed by atoms with Crippen LogP contribution in [0.3, 0.4) is 0 Å². The summed E-state index contributed by atoms with van der Waals surface area (Å²) in [5, 5.41) is 7.43. The molecule has 3 rings (SSSR count). The number of aromatic nitrogens is 1. The van der Waals surface area contributed by atoms with Crippen molar-refractivity contribution in [2.45, 2.75) is 44.4 Å². The molecule has 1 aromatic rings. The lowest BCUT2D eigenvalue weighted by molar-refractivity contribution is -0.173. The quantitative estimate of drug-likeness (QED) is 0.176. The van der Waals surface area contributed by atoms with Gasteiger partial charge in [0.2, 0.25) is 6.79 Å². The number of rotatable bonds is 7. The molecule has 1 fully saturated rings. The van der Waals surface area contributed by atoms with Crippen molar-refractivity contribution in [3.05, 3.63) is 22.8 Å². The van der Waals surface area contributed by atoms with Crippen molar-refractivity contribution >= 4 is 57.7 Å². The summed E-state index contributed by atoms with van der Waals surface area (Å²) in [7, 11) is 1.28. The number of fused-ring (bicyclic) bond motifs is 1. The Balaban J connectivity index is 1.66. The maximum atomic E-state index is 12.8. The molecule has 2 aliphatic rings. The number of esters is 2. The SMILES string of the molecule is CON=C(C(=O)NC1C(=O)N2C(C(=O)OCOC(=O)C(C)(C)C)=CC(C)S[C@@H]12)c1csc(N)n1. The monoisotopic (exact) mass is 511 g/mol. The summed E-state index contributed by atoms with van der Waals surface area (Å²) in [6.07, 6.45) is 1.58. The van der Waals surface area contributed by atoms with E-state index >= 15 is 0 Å². The van der Waals surface area contributed by atoms with Crippen LogP contribution < -0.4 is 11.1 Å². The van der Waals surface area contributed by atoms with Crippen molar-refractivity contribution in [1.29, 1.82) is 0 Å². The van der Waals surface area contributed by atoms with E-state index in [1.54, 1.807) is 32.2 Å². The standard InChI is InChI=1S/C20H25N5O7S2/c1-9-6-11(17(28)31-8-32-18(29)20(2,3)4)25-15(27)13(16(25)34-9)23-14(26)12(24-30-5)10-7-33-19(21)22-10/h6-7,9,13,16H,8H2,1-5H3,(H2,21,22)(H,23,26)/t9?,13?,16-/m0/s1. The number of thioether (sulfide) groups is 1. The molecule has 3 heterocycles. The summed E-state index contributed by atoms with van der Waals surface area (Å²) >= 11 is 2.51. The summed E-state index contributed by atoms with van der Waals surface area (Å²) in [6, 6.07) is -0.909. The average molecular weight is 512 g/mol. The summed E-state index contributed by atoms with van der Waals surface area (Å²) in [4.78, 5) is 60.1. The number of nitrogen functional groups attached to an aromatic ring is 1. The topological polar surface area (TPSA) is 163 Å². The molecule has 2 unspecified atom stereocenters. The van der Waals surface area contributed by atoms with E-state index in [9.17, 15) is 19.2 Å². The predicted molar refractivity (Wildman–Crippen MR) is 124 cm³/mol. The zero-order chi connectivity index (χ0) is 25.2. The Hall–Kier alpha value is -3.13.